The summed E-state index contributed by atoms with van der Waals surface area (Å²) in [6, 6.07) is 0. The van der Waals surface area contributed by atoms with Crippen LogP contribution in [-0.4, -0.2) is 22.2 Å². The van der Waals surface area contributed by atoms with Gasteiger partial charge in [-0.15, -0.1) is 0 Å². The van der Waals surface area contributed by atoms with Crippen LogP contribution in [0.15, 0.2) is 12.4 Å². The largest absolute Gasteiger partial charge is 0.352 e. The van der Waals surface area contributed by atoms with E-state index in [-0.39, 0.29) is 5.91 Å². The van der Waals surface area contributed by atoms with Crippen molar-refractivity contribution in [1.82, 2.24) is 15.1 Å². The minimum absolute atomic E-state index is 0.0510. The summed E-state index contributed by atoms with van der Waals surface area (Å²) in [5.74, 6) is -0.0510. The van der Waals surface area contributed by atoms with Crippen LogP contribution in [0, 0.1) is 0 Å². The molecule has 1 rings (SSSR count). The van der Waals surface area contributed by atoms with E-state index < -0.39 is 0 Å². The Morgan fingerprint density at radius 1 is 1.57 bits per heavy atom. The van der Waals surface area contributed by atoms with Crippen LogP contribution in [0.3, 0.4) is 0 Å². The Kier molecular flexibility index (Phi) is 6.45. The van der Waals surface area contributed by atoms with E-state index in [1.807, 2.05) is 20.8 Å². The Morgan fingerprint density at radius 3 is 2.64 bits per heavy atom. The SMILES string of the molecule is CC.CCCNC(=O)c1cnn(C)c1. The van der Waals surface area contributed by atoms with E-state index in [1.165, 1.54) is 0 Å². The van der Waals surface area contributed by atoms with E-state index >= 15 is 0 Å². The standard InChI is InChI=1S/C8H13N3O.C2H6/c1-3-4-9-8(12)7-5-10-11(2)6-7;1-2/h5-6H,3-4H2,1-2H3,(H,9,12);1-2H3. The third-order valence-electron chi connectivity index (χ3n) is 1.50. The molecule has 0 aliphatic carbocycles. The third-order valence-corrected chi connectivity index (χ3v) is 1.50. The molecular weight excluding hydrogens is 178 g/mol. The summed E-state index contributed by atoms with van der Waals surface area (Å²) in [4.78, 5) is 11.3. The van der Waals surface area contributed by atoms with Crippen LogP contribution in [0.5, 0.6) is 0 Å². The molecule has 0 aromatic carbocycles. The van der Waals surface area contributed by atoms with E-state index in [4.69, 9.17) is 0 Å². The lowest BCUT2D eigenvalue weighted by molar-refractivity contribution is 0.0953. The average Bonchev–Trinajstić information content (AvgIpc) is 2.64. The Morgan fingerprint density at radius 2 is 2.21 bits per heavy atom. The summed E-state index contributed by atoms with van der Waals surface area (Å²) in [5.41, 5.74) is 0.617. The van der Waals surface area contributed by atoms with Crippen molar-refractivity contribution in [3.05, 3.63) is 18.0 Å². The number of nitrogens with one attached hydrogen (secondary N) is 1. The predicted octanol–water partition coefficient (Wildman–Crippen LogP) is 1.59. The molecule has 1 aromatic heterocycles. The van der Waals surface area contributed by atoms with Crippen molar-refractivity contribution in [1.29, 1.82) is 0 Å². The second-order valence-corrected chi connectivity index (χ2v) is 2.66. The molecule has 0 unspecified atom stereocenters. The molecule has 1 aromatic rings. The van der Waals surface area contributed by atoms with Crippen molar-refractivity contribution in [3.63, 3.8) is 0 Å². The second-order valence-electron chi connectivity index (χ2n) is 2.66. The molecular formula is C10H19N3O. The van der Waals surface area contributed by atoms with Gasteiger partial charge >= 0.3 is 0 Å². The van der Waals surface area contributed by atoms with E-state index in [2.05, 4.69) is 10.4 Å². The lowest BCUT2D eigenvalue weighted by Gasteiger charge is -1.98. The average molecular weight is 197 g/mol. The molecule has 1 N–H and O–H groups in total. The Balaban J connectivity index is 0.000000791. The fourth-order valence-electron chi connectivity index (χ4n) is 0.879. The van der Waals surface area contributed by atoms with Crippen LogP contribution in [0.1, 0.15) is 37.6 Å². The summed E-state index contributed by atoms with van der Waals surface area (Å²) in [6.45, 7) is 6.73. The minimum Gasteiger partial charge on any atom is -0.352 e. The second kappa shape index (κ2) is 7.12. The number of nitrogens with zero attached hydrogens (tertiary/aromatic N) is 2. The molecule has 0 bridgehead atoms. The first-order chi connectivity index (χ1) is 6.74. The number of aromatic nitrogens is 2. The molecule has 1 amide bonds. The predicted molar refractivity (Wildman–Crippen MR) is 57.2 cm³/mol. The van der Waals surface area contributed by atoms with Crippen molar-refractivity contribution in [2.24, 2.45) is 7.05 Å². The monoisotopic (exact) mass is 197 g/mol. The summed E-state index contributed by atoms with van der Waals surface area (Å²) in [6.07, 6.45) is 4.21. The maximum absolute atomic E-state index is 11.3. The number of carbonyl (C=O) groups excluding carboxylic acids is 1. The van der Waals surface area contributed by atoms with Crippen molar-refractivity contribution >= 4 is 5.91 Å². The van der Waals surface area contributed by atoms with Crippen LogP contribution in [0.25, 0.3) is 0 Å². The molecule has 0 saturated heterocycles. The summed E-state index contributed by atoms with van der Waals surface area (Å²) in [5, 5.41) is 6.67. The van der Waals surface area contributed by atoms with Gasteiger partial charge in [0.1, 0.15) is 0 Å². The Hall–Kier alpha value is -1.32. The number of amides is 1. The van der Waals surface area contributed by atoms with Crippen LogP contribution in [0.4, 0.5) is 0 Å². The molecule has 0 aliphatic rings. The highest BCUT2D eigenvalue weighted by atomic mass is 16.1. The smallest absolute Gasteiger partial charge is 0.254 e. The molecule has 4 heteroatoms. The zero-order valence-electron chi connectivity index (χ0n) is 9.37. The zero-order chi connectivity index (χ0) is 11.0. The highest BCUT2D eigenvalue weighted by Gasteiger charge is 2.05. The maximum Gasteiger partial charge on any atom is 0.254 e. The van der Waals surface area contributed by atoms with Gasteiger partial charge in [0.25, 0.3) is 5.91 Å². The number of aryl methyl sites for hydroxylation is 1. The van der Waals surface area contributed by atoms with Gasteiger partial charge in [0.05, 0.1) is 11.8 Å². The molecule has 1 heterocycles. The van der Waals surface area contributed by atoms with Crippen molar-refractivity contribution < 1.29 is 4.79 Å². The van der Waals surface area contributed by atoms with Crippen LogP contribution >= 0.6 is 0 Å². The van der Waals surface area contributed by atoms with Crippen molar-refractivity contribution in [2.75, 3.05) is 6.54 Å². The summed E-state index contributed by atoms with van der Waals surface area (Å²) < 4.78 is 1.61. The van der Waals surface area contributed by atoms with E-state index in [0.29, 0.717) is 12.1 Å². The molecule has 4 nitrogen and oxygen atoms in total. The van der Waals surface area contributed by atoms with Gasteiger partial charge in [-0.05, 0) is 6.42 Å². The van der Waals surface area contributed by atoms with Gasteiger partial charge in [-0.3, -0.25) is 9.48 Å². The molecule has 14 heavy (non-hydrogen) atoms. The topological polar surface area (TPSA) is 46.9 Å². The third kappa shape index (κ3) is 4.07. The lowest BCUT2D eigenvalue weighted by atomic mass is 10.3. The first-order valence-electron chi connectivity index (χ1n) is 5.01. The van der Waals surface area contributed by atoms with Gasteiger partial charge in [-0.1, -0.05) is 20.8 Å². The Bertz CT molecular complexity index is 268. The van der Waals surface area contributed by atoms with Crippen LogP contribution < -0.4 is 5.32 Å². The zero-order valence-corrected chi connectivity index (χ0v) is 9.37. The van der Waals surface area contributed by atoms with Gasteiger partial charge < -0.3 is 5.32 Å². The van der Waals surface area contributed by atoms with E-state index in [1.54, 1.807) is 24.1 Å². The lowest BCUT2D eigenvalue weighted by Crippen LogP contribution is -2.23. The molecule has 0 aliphatic heterocycles. The molecule has 0 fully saturated rings. The quantitative estimate of drug-likeness (QED) is 0.799. The fourth-order valence-corrected chi connectivity index (χ4v) is 0.879. The fraction of sp³-hybridized carbons (Fsp3) is 0.600. The van der Waals surface area contributed by atoms with Gasteiger partial charge in [0.2, 0.25) is 0 Å². The summed E-state index contributed by atoms with van der Waals surface area (Å²) in [7, 11) is 1.79. The van der Waals surface area contributed by atoms with E-state index in [0.717, 1.165) is 6.42 Å². The van der Waals surface area contributed by atoms with Crippen molar-refractivity contribution in [3.8, 4) is 0 Å². The highest BCUT2D eigenvalue weighted by molar-refractivity contribution is 5.93. The number of hydrogen-bond acceptors (Lipinski definition) is 2. The van der Waals surface area contributed by atoms with Gasteiger partial charge in [-0.2, -0.15) is 5.10 Å². The van der Waals surface area contributed by atoms with E-state index in [9.17, 15) is 4.79 Å². The van der Waals surface area contributed by atoms with Gasteiger partial charge in [-0.25, -0.2) is 0 Å². The van der Waals surface area contributed by atoms with Crippen LogP contribution in [-0.2, 0) is 7.05 Å². The van der Waals surface area contributed by atoms with Gasteiger partial charge in [0.15, 0.2) is 0 Å². The van der Waals surface area contributed by atoms with Crippen LogP contribution in [0.2, 0.25) is 0 Å². The summed E-state index contributed by atoms with van der Waals surface area (Å²) >= 11 is 0. The van der Waals surface area contributed by atoms with Crippen molar-refractivity contribution in [2.45, 2.75) is 27.2 Å². The Labute approximate surface area is 85.3 Å². The molecule has 80 valence electrons. The molecule has 0 radical (unpaired) electrons. The maximum atomic E-state index is 11.3. The number of hydrogen-bond donors (Lipinski definition) is 1. The highest BCUT2D eigenvalue weighted by Crippen LogP contribution is 1.94. The molecule has 0 saturated carbocycles. The number of rotatable bonds is 3. The first-order valence-corrected chi connectivity index (χ1v) is 5.01. The number of carbonyl (C=O) groups is 1. The molecule has 0 spiro atoms. The minimum atomic E-state index is -0.0510. The normalized spacial score (nSPS) is 8.86. The van der Waals surface area contributed by atoms with Gasteiger partial charge in [0, 0.05) is 19.8 Å². The first kappa shape index (κ1) is 12.7. The molecule has 0 atom stereocenters.